The molecule has 8 heteroatoms. The summed E-state index contributed by atoms with van der Waals surface area (Å²) in [6.07, 6.45) is 0. The minimum absolute atomic E-state index is 0.0258. The first-order valence-electron chi connectivity index (χ1n) is 7.59. The van der Waals surface area contributed by atoms with Gasteiger partial charge in [0.1, 0.15) is 0 Å². The molecule has 0 aliphatic carbocycles. The molecule has 24 heavy (non-hydrogen) atoms. The highest BCUT2D eigenvalue weighted by Gasteiger charge is 2.34. The fourth-order valence-corrected chi connectivity index (χ4v) is 2.72. The molecular weight excluding hydrogens is 330 g/mol. The SMILES string of the molecule is CCOC(=O)C1=C(C)N(N)C(=S)NC1c1ccc(O)c(OCC)c1. The molecular formula is C16H21N3O4S. The van der Waals surface area contributed by atoms with Crippen molar-refractivity contribution in [2.45, 2.75) is 26.8 Å². The van der Waals surface area contributed by atoms with E-state index in [1.807, 2.05) is 6.92 Å². The van der Waals surface area contributed by atoms with Crippen LogP contribution in [0.25, 0.3) is 0 Å². The average molecular weight is 351 g/mol. The monoisotopic (exact) mass is 351 g/mol. The lowest BCUT2D eigenvalue weighted by Crippen LogP contribution is -2.50. The number of rotatable bonds is 5. The van der Waals surface area contributed by atoms with Crippen molar-refractivity contribution in [2.75, 3.05) is 13.2 Å². The maximum Gasteiger partial charge on any atom is 0.338 e. The lowest BCUT2D eigenvalue weighted by atomic mass is 9.95. The maximum absolute atomic E-state index is 12.4. The van der Waals surface area contributed by atoms with Gasteiger partial charge in [-0.2, -0.15) is 0 Å². The number of allylic oxidation sites excluding steroid dienone is 1. The Balaban J connectivity index is 2.51. The molecule has 7 nitrogen and oxygen atoms in total. The molecule has 0 amide bonds. The number of esters is 1. The summed E-state index contributed by atoms with van der Waals surface area (Å²) in [7, 11) is 0. The molecule has 1 aliphatic heterocycles. The number of nitrogens with one attached hydrogen (secondary N) is 1. The fourth-order valence-electron chi connectivity index (χ4n) is 2.46. The van der Waals surface area contributed by atoms with Crippen LogP contribution < -0.4 is 15.9 Å². The van der Waals surface area contributed by atoms with Crippen LogP contribution in [0.3, 0.4) is 0 Å². The fraction of sp³-hybridized carbons (Fsp3) is 0.375. The zero-order chi connectivity index (χ0) is 17.9. The third-order valence-corrected chi connectivity index (χ3v) is 3.95. The van der Waals surface area contributed by atoms with Crippen molar-refractivity contribution in [1.82, 2.24) is 10.3 Å². The predicted octanol–water partition coefficient (Wildman–Crippen LogP) is 1.73. The van der Waals surface area contributed by atoms with Gasteiger partial charge >= 0.3 is 5.97 Å². The van der Waals surface area contributed by atoms with Crippen LogP contribution in [-0.2, 0) is 9.53 Å². The van der Waals surface area contributed by atoms with Gasteiger partial charge in [-0.1, -0.05) is 6.07 Å². The molecule has 0 bridgehead atoms. The first-order valence-corrected chi connectivity index (χ1v) is 8.00. The standard InChI is InChI=1S/C16H21N3O4S/c1-4-22-12-8-10(6-7-11(12)20)14-13(15(21)23-5-2)9(3)19(17)16(24)18-14/h6-8,14,20H,4-5,17H2,1-3H3,(H,18,24). The third-order valence-electron chi connectivity index (χ3n) is 3.64. The van der Waals surface area contributed by atoms with Gasteiger partial charge in [-0.15, -0.1) is 0 Å². The van der Waals surface area contributed by atoms with Gasteiger partial charge in [-0.05, 0) is 50.7 Å². The highest BCUT2D eigenvalue weighted by atomic mass is 32.1. The Morgan fingerprint density at radius 1 is 1.42 bits per heavy atom. The second-order valence-corrected chi connectivity index (χ2v) is 5.52. The van der Waals surface area contributed by atoms with Gasteiger partial charge in [0.2, 0.25) is 0 Å². The van der Waals surface area contributed by atoms with E-state index in [-0.39, 0.29) is 17.5 Å². The Labute approximate surface area is 146 Å². The van der Waals surface area contributed by atoms with E-state index in [2.05, 4.69) is 5.32 Å². The molecule has 1 heterocycles. The van der Waals surface area contributed by atoms with Crippen molar-refractivity contribution in [1.29, 1.82) is 0 Å². The lowest BCUT2D eigenvalue weighted by molar-refractivity contribution is -0.139. The van der Waals surface area contributed by atoms with Crippen LogP contribution in [0.15, 0.2) is 29.5 Å². The smallest absolute Gasteiger partial charge is 0.338 e. The van der Waals surface area contributed by atoms with E-state index in [0.29, 0.717) is 29.2 Å². The van der Waals surface area contributed by atoms with Crippen molar-refractivity contribution in [3.05, 3.63) is 35.0 Å². The number of carbonyl (C=O) groups excluding carboxylic acids is 1. The van der Waals surface area contributed by atoms with E-state index in [1.54, 1.807) is 26.0 Å². The number of ether oxygens (including phenoxy) is 2. The predicted molar refractivity (Wildman–Crippen MR) is 93.1 cm³/mol. The Morgan fingerprint density at radius 2 is 2.12 bits per heavy atom. The minimum Gasteiger partial charge on any atom is -0.504 e. The number of phenolic OH excluding ortho intramolecular Hbond substituents is 1. The molecule has 1 aromatic carbocycles. The van der Waals surface area contributed by atoms with Gasteiger partial charge in [0, 0.05) is 5.70 Å². The molecule has 0 spiro atoms. The second-order valence-electron chi connectivity index (χ2n) is 5.13. The molecule has 0 aromatic heterocycles. The van der Waals surface area contributed by atoms with Crippen molar-refractivity contribution in [3.63, 3.8) is 0 Å². The maximum atomic E-state index is 12.4. The summed E-state index contributed by atoms with van der Waals surface area (Å²) in [5.41, 5.74) is 1.57. The number of benzene rings is 1. The van der Waals surface area contributed by atoms with Crippen LogP contribution in [0.1, 0.15) is 32.4 Å². The van der Waals surface area contributed by atoms with Crippen LogP contribution in [0.4, 0.5) is 0 Å². The van der Waals surface area contributed by atoms with Crippen LogP contribution >= 0.6 is 12.2 Å². The molecule has 1 unspecified atom stereocenters. The molecule has 1 aliphatic rings. The summed E-state index contributed by atoms with van der Waals surface area (Å²) in [4.78, 5) is 12.4. The van der Waals surface area contributed by atoms with Gasteiger partial charge in [0.05, 0.1) is 24.8 Å². The van der Waals surface area contributed by atoms with Gasteiger partial charge in [0.25, 0.3) is 0 Å². The Kier molecular flexibility index (Phi) is 5.63. The largest absolute Gasteiger partial charge is 0.504 e. The molecule has 2 rings (SSSR count). The van der Waals surface area contributed by atoms with Gasteiger partial charge in [-0.3, -0.25) is 5.01 Å². The molecule has 1 aromatic rings. The van der Waals surface area contributed by atoms with Crippen molar-refractivity contribution in [3.8, 4) is 11.5 Å². The van der Waals surface area contributed by atoms with Gasteiger partial charge in [0.15, 0.2) is 16.6 Å². The molecule has 0 saturated heterocycles. The number of hydrazine groups is 1. The first-order chi connectivity index (χ1) is 11.4. The number of hydrogen-bond donors (Lipinski definition) is 3. The zero-order valence-electron chi connectivity index (χ0n) is 13.8. The van der Waals surface area contributed by atoms with Crippen molar-refractivity contribution < 1.29 is 19.4 Å². The Morgan fingerprint density at radius 3 is 2.75 bits per heavy atom. The number of nitrogens with zero attached hydrogens (tertiary/aromatic N) is 1. The van der Waals surface area contributed by atoms with E-state index < -0.39 is 12.0 Å². The minimum atomic E-state index is -0.545. The van der Waals surface area contributed by atoms with E-state index in [4.69, 9.17) is 27.5 Å². The number of nitrogens with two attached hydrogens (primary N) is 1. The molecule has 130 valence electrons. The highest BCUT2D eigenvalue weighted by Crippen LogP contribution is 2.35. The molecule has 0 saturated carbocycles. The van der Waals surface area contributed by atoms with Crippen LogP contribution in [0, 0.1) is 0 Å². The van der Waals surface area contributed by atoms with Crippen LogP contribution in [0.5, 0.6) is 11.5 Å². The van der Waals surface area contributed by atoms with Crippen LogP contribution in [-0.4, -0.2) is 34.4 Å². The highest BCUT2D eigenvalue weighted by molar-refractivity contribution is 7.80. The Hall–Kier alpha value is -2.32. The van der Waals surface area contributed by atoms with Gasteiger partial charge < -0.3 is 19.9 Å². The Bertz CT molecular complexity index is 690. The number of thiocarbonyl (C=S) groups is 1. The second kappa shape index (κ2) is 7.50. The van der Waals surface area contributed by atoms with E-state index in [9.17, 15) is 9.90 Å². The van der Waals surface area contributed by atoms with E-state index >= 15 is 0 Å². The summed E-state index contributed by atoms with van der Waals surface area (Å²) in [5.74, 6) is 5.77. The number of phenols is 1. The summed E-state index contributed by atoms with van der Waals surface area (Å²) in [5, 5.41) is 14.4. The third kappa shape index (κ3) is 3.44. The van der Waals surface area contributed by atoms with E-state index in [0.717, 1.165) is 0 Å². The average Bonchev–Trinajstić information content (AvgIpc) is 2.54. The summed E-state index contributed by atoms with van der Waals surface area (Å²) in [6.45, 7) is 5.91. The van der Waals surface area contributed by atoms with E-state index in [1.165, 1.54) is 11.1 Å². The van der Waals surface area contributed by atoms with Gasteiger partial charge in [-0.25, -0.2) is 10.6 Å². The normalized spacial score (nSPS) is 17.6. The number of hydrogen-bond acceptors (Lipinski definition) is 6. The molecule has 0 radical (unpaired) electrons. The topological polar surface area (TPSA) is 97.1 Å². The number of carbonyl (C=O) groups is 1. The molecule has 4 N–H and O–H groups in total. The summed E-state index contributed by atoms with van der Waals surface area (Å²) in [6, 6.07) is 4.32. The quantitative estimate of drug-likeness (QED) is 0.419. The lowest BCUT2D eigenvalue weighted by Gasteiger charge is -2.34. The van der Waals surface area contributed by atoms with Crippen molar-refractivity contribution in [2.24, 2.45) is 5.84 Å². The van der Waals surface area contributed by atoms with Crippen LogP contribution in [0.2, 0.25) is 0 Å². The molecule has 0 fully saturated rings. The number of aromatic hydroxyl groups is 1. The molecule has 1 atom stereocenters. The first kappa shape index (κ1) is 18.0. The summed E-state index contributed by atoms with van der Waals surface area (Å²) >= 11 is 5.22. The zero-order valence-corrected chi connectivity index (χ0v) is 14.6. The van der Waals surface area contributed by atoms with Crippen molar-refractivity contribution >= 4 is 23.3 Å². The summed E-state index contributed by atoms with van der Waals surface area (Å²) < 4.78 is 10.6.